The maximum Gasteiger partial charge on any atom is 0.351 e. The van der Waals surface area contributed by atoms with E-state index in [4.69, 9.17) is 24.5 Å². The number of para-hydroxylation sites is 2. The number of aliphatic carboxylic acids is 2. The lowest BCUT2D eigenvalue weighted by Crippen LogP contribution is -3.16. The first kappa shape index (κ1) is 27.0. The topological polar surface area (TPSA) is 115 Å². The van der Waals surface area contributed by atoms with Gasteiger partial charge >= 0.3 is 5.97 Å². The van der Waals surface area contributed by atoms with Crippen molar-refractivity contribution in [1.82, 2.24) is 4.90 Å². The number of rotatable bonds is 6. The third-order valence-corrected chi connectivity index (χ3v) is 6.71. The summed E-state index contributed by atoms with van der Waals surface area (Å²) in [5.41, 5.74) is 2.54. The fourth-order valence-electron chi connectivity index (χ4n) is 4.86. The minimum atomic E-state index is -2.07. The van der Waals surface area contributed by atoms with Crippen LogP contribution in [0.3, 0.4) is 0 Å². The SMILES string of the molecule is COc1ccccc1N1CC[NH+](CC(=O)N2CCCC(Cc3ccccc3)C2)CC1.O=C([O-])C(=O)O. The zero-order chi connectivity index (χ0) is 25.9. The average molecular weight is 498 g/mol. The van der Waals surface area contributed by atoms with Crippen LogP contribution in [0, 0.1) is 5.92 Å². The standard InChI is InChI=1S/C25H33N3O2.C2H2O4/c1-30-24-12-6-5-11-23(24)27-16-14-26(15-17-27)20-25(29)28-13-7-10-22(19-28)18-21-8-3-2-4-9-21;3-1(4)2(5)6/h2-6,8-9,11-12,22H,7,10,13-20H2,1H3;(H,3,4)(H,5,6). The summed E-state index contributed by atoms with van der Waals surface area (Å²) < 4.78 is 5.51. The molecule has 36 heavy (non-hydrogen) atoms. The van der Waals surface area contributed by atoms with Gasteiger partial charge in [0.25, 0.3) is 5.91 Å². The van der Waals surface area contributed by atoms with Crippen molar-refractivity contribution in [2.45, 2.75) is 19.3 Å². The van der Waals surface area contributed by atoms with Crippen molar-refractivity contribution in [2.75, 3.05) is 57.8 Å². The maximum absolute atomic E-state index is 13.0. The molecule has 1 unspecified atom stereocenters. The van der Waals surface area contributed by atoms with Crippen molar-refractivity contribution in [1.29, 1.82) is 0 Å². The number of carbonyl (C=O) groups is 3. The van der Waals surface area contributed by atoms with Crippen molar-refractivity contribution >= 4 is 23.5 Å². The maximum atomic E-state index is 13.0. The van der Waals surface area contributed by atoms with Gasteiger partial charge < -0.3 is 34.4 Å². The van der Waals surface area contributed by atoms with Crippen molar-refractivity contribution in [2.24, 2.45) is 5.92 Å². The van der Waals surface area contributed by atoms with Gasteiger partial charge in [-0.15, -0.1) is 0 Å². The molecule has 1 amide bonds. The number of piperazine rings is 1. The first-order chi connectivity index (χ1) is 17.4. The van der Waals surface area contributed by atoms with Gasteiger partial charge in [0.2, 0.25) is 0 Å². The molecule has 2 heterocycles. The van der Waals surface area contributed by atoms with Crippen LogP contribution in [0.5, 0.6) is 5.75 Å². The number of nitrogens with zero attached hydrogens (tertiary/aromatic N) is 2. The summed E-state index contributed by atoms with van der Waals surface area (Å²) in [6.45, 7) is 6.35. The molecule has 2 fully saturated rings. The van der Waals surface area contributed by atoms with Crippen molar-refractivity contribution < 1.29 is 34.2 Å². The lowest BCUT2D eigenvalue weighted by molar-refractivity contribution is -0.892. The number of methoxy groups -OCH3 is 1. The lowest BCUT2D eigenvalue weighted by Gasteiger charge is -2.36. The van der Waals surface area contributed by atoms with Crippen molar-refractivity contribution in [3.05, 3.63) is 60.2 Å². The van der Waals surface area contributed by atoms with Crippen LogP contribution < -0.4 is 19.6 Å². The van der Waals surface area contributed by atoms with Gasteiger partial charge in [0.05, 0.1) is 39.0 Å². The molecule has 9 heteroatoms. The molecular weight excluding hydrogens is 462 g/mol. The number of likely N-dealkylation sites (tertiary alicyclic amines) is 1. The van der Waals surface area contributed by atoms with Crippen LogP contribution in [0.1, 0.15) is 18.4 Å². The third kappa shape index (κ3) is 7.98. The minimum absolute atomic E-state index is 0.327. The van der Waals surface area contributed by atoms with Gasteiger partial charge in [-0.25, -0.2) is 4.79 Å². The van der Waals surface area contributed by atoms with E-state index >= 15 is 0 Å². The molecule has 194 valence electrons. The van der Waals surface area contributed by atoms with E-state index in [-0.39, 0.29) is 0 Å². The van der Waals surface area contributed by atoms with E-state index in [0.717, 1.165) is 63.5 Å². The van der Waals surface area contributed by atoms with Crippen LogP contribution in [0.4, 0.5) is 5.69 Å². The Labute approximate surface area is 211 Å². The van der Waals surface area contributed by atoms with Gasteiger partial charge in [-0.2, -0.15) is 0 Å². The molecular formula is C27H35N3O6. The number of carboxylic acids is 2. The third-order valence-electron chi connectivity index (χ3n) is 6.71. The molecule has 2 aliphatic rings. The molecule has 0 bridgehead atoms. The highest BCUT2D eigenvalue weighted by atomic mass is 16.5. The molecule has 4 rings (SSSR count). The smallest absolute Gasteiger partial charge is 0.351 e. The summed E-state index contributed by atoms with van der Waals surface area (Å²) in [5.74, 6) is -2.17. The molecule has 2 saturated heterocycles. The van der Waals surface area contributed by atoms with Gasteiger partial charge in [-0.3, -0.25) is 4.79 Å². The number of piperidine rings is 1. The first-order valence-corrected chi connectivity index (χ1v) is 12.3. The molecule has 0 spiro atoms. The number of anilines is 1. The second-order valence-corrected chi connectivity index (χ2v) is 9.22. The Morgan fingerprint density at radius 1 is 1.03 bits per heavy atom. The molecule has 9 nitrogen and oxygen atoms in total. The summed E-state index contributed by atoms with van der Waals surface area (Å²) in [6, 6.07) is 18.9. The first-order valence-electron chi connectivity index (χ1n) is 12.3. The zero-order valence-corrected chi connectivity index (χ0v) is 20.7. The number of nitrogens with one attached hydrogen (secondary N) is 1. The number of benzene rings is 2. The van der Waals surface area contributed by atoms with Crippen LogP contribution in [-0.4, -0.2) is 80.8 Å². The van der Waals surface area contributed by atoms with E-state index in [2.05, 4.69) is 52.3 Å². The molecule has 2 aromatic carbocycles. The highest BCUT2D eigenvalue weighted by molar-refractivity contribution is 6.26. The molecule has 0 radical (unpaired) electrons. The Kier molecular flexibility index (Phi) is 10.1. The molecule has 2 aliphatic heterocycles. The van der Waals surface area contributed by atoms with Crippen molar-refractivity contribution in [3.8, 4) is 5.75 Å². The Morgan fingerprint density at radius 3 is 2.31 bits per heavy atom. The van der Waals surface area contributed by atoms with E-state index in [1.807, 2.05) is 12.1 Å². The van der Waals surface area contributed by atoms with E-state index < -0.39 is 11.9 Å². The van der Waals surface area contributed by atoms with Gasteiger partial charge in [0.1, 0.15) is 5.75 Å². The average Bonchev–Trinajstić information content (AvgIpc) is 2.90. The van der Waals surface area contributed by atoms with Crippen molar-refractivity contribution in [3.63, 3.8) is 0 Å². The van der Waals surface area contributed by atoms with Crippen LogP contribution >= 0.6 is 0 Å². The van der Waals surface area contributed by atoms with Gasteiger partial charge in [0, 0.05) is 13.1 Å². The highest BCUT2D eigenvalue weighted by Gasteiger charge is 2.29. The highest BCUT2D eigenvalue weighted by Crippen LogP contribution is 2.27. The quantitative estimate of drug-likeness (QED) is 0.527. The fourth-order valence-corrected chi connectivity index (χ4v) is 4.86. The van der Waals surface area contributed by atoms with Crippen LogP contribution in [0.25, 0.3) is 0 Å². The summed E-state index contributed by atoms with van der Waals surface area (Å²) in [7, 11) is 1.72. The largest absolute Gasteiger partial charge is 0.539 e. The van der Waals surface area contributed by atoms with Gasteiger partial charge in [-0.1, -0.05) is 42.5 Å². The minimum Gasteiger partial charge on any atom is -0.539 e. The summed E-state index contributed by atoms with van der Waals surface area (Å²) in [6.07, 6.45) is 3.43. The number of amides is 1. The Balaban J connectivity index is 0.000000538. The predicted molar refractivity (Wildman–Crippen MR) is 133 cm³/mol. The Hall–Kier alpha value is -3.59. The second kappa shape index (κ2) is 13.5. The molecule has 2 N–H and O–H groups in total. The summed E-state index contributed by atoms with van der Waals surface area (Å²) >= 11 is 0. The molecule has 0 aliphatic carbocycles. The molecule has 1 atom stereocenters. The monoisotopic (exact) mass is 497 g/mol. The Morgan fingerprint density at radius 2 is 1.67 bits per heavy atom. The number of quaternary nitrogens is 1. The number of hydrogen-bond donors (Lipinski definition) is 2. The molecule has 2 aromatic rings. The fraction of sp³-hybridized carbons (Fsp3) is 0.444. The summed E-state index contributed by atoms with van der Waals surface area (Å²) in [5, 5.41) is 16.3. The van der Waals surface area contributed by atoms with E-state index in [1.54, 1.807) is 7.11 Å². The van der Waals surface area contributed by atoms with Crippen LogP contribution in [-0.2, 0) is 20.8 Å². The number of hydrogen-bond acceptors (Lipinski definition) is 6. The van der Waals surface area contributed by atoms with Gasteiger partial charge in [-0.05, 0) is 42.9 Å². The van der Waals surface area contributed by atoms with Gasteiger partial charge in [0.15, 0.2) is 12.5 Å². The molecule has 0 aromatic heterocycles. The van der Waals surface area contributed by atoms with E-state index in [9.17, 15) is 4.79 Å². The lowest BCUT2D eigenvalue weighted by atomic mass is 9.91. The number of carboxylic acid groups (broad SMARTS) is 2. The van der Waals surface area contributed by atoms with E-state index in [0.29, 0.717) is 18.4 Å². The normalized spacial score (nSPS) is 18.1. The molecule has 0 saturated carbocycles. The summed E-state index contributed by atoms with van der Waals surface area (Å²) in [4.78, 5) is 36.9. The Bertz CT molecular complexity index is 996. The second-order valence-electron chi connectivity index (χ2n) is 9.22. The van der Waals surface area contributed by atoms with E-state index in [1.165, 1.54) is 16.9 Å². The number of ether oxygens (including phenoxy) is 1. The van der Waals surface area contributed by atoms with Crippen LogP contribution in [0.2, 0.25) is 0 Å². The predicted octanol–water partition coefficient (Wildman–Crippen LogP) is -0.298. The van der Waals surface area contributed by atoms with Crippen LogP contribution in [0.15, 0.2) is 54.6 Å². The zero-order valence-electron chi connectivity index (χ0n) is 20.7. The number of carbonyl (C=O) groups excluding carboxylic acids is 2.